The summed E-state index contributed by atoms with van der Waals surface area (Å²) in [6.45, 7) is -0.560. The molecule has 0 radical (unpaired) electrons. The summed E-state index contributed by atoms with van der Waals surface area (Å²) in [5.74, 6) is -5.34. The number of nitrogens with one attached hydrogen (secondary N) is 1. The maximum absolute atomic E-state index is 13.2. The van der Waals surface area contributed by atoms with Gasteiger partial charge in [0.25, 0.3) is 0 Å². The number of aliphatic hydroxyl groups excluding tert-OH is 1. The lowest BCUT2D eigenvalue weighted by Gasteiger charge is -2.28. The van der Waals surface area contributed by atoms with Gasteiger partial charge in [0, 0.05) is 18.5 Å². The monoisotopic (exact) mass is 341 g/mol. The zero-order valence-electron chi connectivity index (χ0n) is 13.2. The molecule has 5 nitrogen and oxygen atoms in total. The quantitative estimate of drug-likeness (QED) is 0.742. The molecule has 1 unspecified atom stereocenters. The number of hydrogen-bond donors (Lipinski definition) is 3. The maximum atomic E-state index is 13.2. The zero-order chi connectivity index (χ0) is 17.7. The molecular formula is C17H21F2NO4. The summed E-state index contributed by atoms with van der Waals surface area (Å²) < 4.78 is 26.5. The molecule has 1 saturated carbocycles. The van der Waals surface area contributed by atoms with Crippen molar-refractivity contribution in [3.63, 3.8) is 0 Å². The van der Waals surface area contributed by atoms with Gasteiger partial charge >= 0.3 is 5.97 Å². The van der Waals surface area contributed by atoms with Gasteiger partial charge in [0.1, 0.15) is 0 Å². The van der Waals surface area contributed by atoms with E-state index < -0.39 is 36.7 Å². The van der Waals surface area contributed by atoms with Gasteiger partial charge in [-0.3, -0.25) is 9.59 Å². The molecule has 1 aromatic rings. The molecule has 2 rings (SSSR count). The molecule has 0 heterocycles. The van der Waals surface area contributed by atoms with Crippen LogP contribution in [0.15, 0.2) is 24.3 Å². The van der Waals surface area contributed by atoms with Crippen LogP contribution in [0.5, 0.6) is 0 Å². The Balaban J connectivity index is 2.02. The smallest absolute Gasteiger partial charge is 0.304 e. The minimum absolute atomic E-state index is 0.0223. The number of aliphatic hydroxyl groups is 1. The molecule has 24 heavy (non-hydrogen) atoms. The third-order valence-electron chi connectivity index (χ3n) is 4.35. The lowest BCUT2D eigenvalue weighted by atomic mass is 9.82. The van der Waals surface area contributed by atoms with Crippen LogP contribution in [0.25, 0.3) is 0 Å². The standard InChI is InChI=1S/C17H21F2NO4/c18-17(19)6-4-11(5-7-17)12-2-1-3-14(8-12)20-16(24)13(10-21)9-15(22)23/h1-3,8,11,13,21H,4-7,9-10H2,(H,20,24)(H,22,23). The minimum Gasteiger partial charge on any atom is -0.481 e. The molecule has 0 aliphatic heterocycles. The number of benzene rings is 1. The Bertz CT molecular complexity index is 596. The van der Waals surface area contributed by atoms with Crippen LogP contribution < -0.4 is 5.32 Å². The molecule has 1 amide bonds. The number of rotatable bonds is 6. The summed E-state index contributed by atoms with van der Waals surface area (Å²) in [6, 6.07) is 6.93. The molecule has 0 saturated heterocycles. The first kappa shape index (κ1) is 18.3. The van der Waals surface area contributed by atoms with Crippen molar-refractivity contribution in [1.82, 2.24) is 0 Å². The first-order chi connectivity index (χ1) is 11.3. The molecule has 1 fully saturated rings. The van der Waals surface area contributed by atoms with E-state index >= 15 is 0 Å². The van der Waals surface area contributed by atoms with E-state index in [9.17, 15) is 18.4 Å². The highest BCUT2D eigenvalue weighted by molar-refractivity contribution is 5.94. The second kappa shape index (κ2) is 7.70. The number of hydrogen-bond acceptors (Lipinski definition) is 3. The second-order valence-electron chi connectivity index (χ2n) is 6.22. The number of carboxylic acids is 1. The molecule has 0 spiro atoms. The van der Waals surface area contributed by atoms with Crippen molar-refractivity contribution < 1.29 is 28.6 Å². The molecule has 0 bridgehead atoms. The Morgan fingerprint density at radius 2 is 1.96 bits per heavy atom. The van der Waals surface area contributed by atoms with E-state index in [-0.39, 0.29) is 18.8 Å². The zero-order valence-corrected chi connectivity index (χ0v) is 13.2. The van der Waals surface area contributed by atoms with E-state index in [4.69, 9.17) is 10.2 Å². The van der Waals surface area contributed by atoms with Crippen LogP contribution in [0.4, 0.5) is 14.5 Å². The van der Waals surface area contributed by atoms with E-state index in [2.05, 4.69) is 5.32 Å². The van der Waals surface area contributed by atoms with Gasteiger partial charge in [0.05, 0.1) is 18.9 Å². The fourth-order valence-electron chi connectivity index (χ4n) is 2.94. The number of carbonyl (C=O) groups excluding carboxylic acids is 1. The fourth-order valence-corrected chi connectivity index (χ4v) is 2.94. The highest BCUT2D eigenvalue weighted by Crippen LogP contribution is 2.41. The average Bonchev–Trinajstić information content (AvgIpc) is 2.52. The summed E-state index contributed by atoms with van der Waals surface area (Å²) in [5, 5.41) is 20.5. The van der Waals surface area contributed by atoms with Crippen molar-refractivity contribution in [3.05, 3.63) is 29.8 Å². The van der Waals surface area contributed by atoms with Crippen LogP contribution in [0.3, 0.4) is 0 Å². The Labute approximate surface area is 138 Å². The number of alkyl halides is 2. The number of carboxylic acid groups (broad SMARTS) is 1. The van der Waals surface area contributed by atoms with Gasteiger partial charge < -0.3 is 15.5 Å². The van der Waals surface area contributed by atoms with Gasteiger partial charge in [-0.15, -0.1) is 0 Å². The molecule has 1 atom stereocenters. The van der Waals surface area contributed by atoms with Gasteiger partial charge in [-0.2, -0.15) is 0 Å². The average molecular weight is 341 g/mol. The van der Waals surface area contributed by atoms with Crippen molar-refractivity contribution in [2.45, 2.75) is 43.9 Å². The number of halogens is 2. The topological polar surface area (TPSA) is 86.6 Å². The van der Waals surface area contributed by atoms with Crippen LogP contribution in [0.1, 0.15) is 43.6 Å². The van der Waals surface area contributed by atoms with E-state index in [1.165, 1.54) is 0 Å². The highest BCUT2D eigenvalue weighted by atomic mass is 19.3. The lowest BCUT2D eigenvalue weighted by molar-refractivity contribution is -0.140. The number of amides is 1. The molecule has 0 aromatic heterocycles. The highest BCUT2D eigenvalue weighted by Gasteiger charge is 2.35. The SMILES string of the molecule is O=C(O)CC(CO)C(=O)Nc1cccc(C2CCC(F)(F)CC2)c1. The maximum Gasteiger partial charge on any atom is 0.304 e. The van der Waals surface area contributed by atoms with Gasteiger partial charge in [-0.25, -0.2) is 8.78 Å². The molecule has 1 aromatic carbocycles. The Hall–Kier alpha value is -2.02. The van der Waals surface area contributed by atoms with Gasteiger partial charge in [-0.1, -0.05) is 12.1 Å². The minimum atomic E-state index is -2.59. The van der Waals surface area contributed by atoms with Gasteiger partial charge in [0.2, 0.25) is 11.8 Å². The van der Waals surface area contributed by atoms with E-state index in [1.54, 1.807) is 18.2 Å². The lowest BCUT2D eigenvalue weighted by Crippen LogP contribution is -2.28. The number of carbonyl (C=O) groups is 2. The predicted molar refractivity (Wildman–Crippen MR) is 84.1 cm³/mol. The molecule has 132 valence electrons. The number of anilines is 1. The van der Waals surface area contributed by atoms with Crippen LogP contribution in [-0.2, 0) is 9.59 Å². The van der Waals surface area contributed by atoms with E-state index in [0.717, 1.165) is 5.56 Å². The normalized spacial score (nSPS) is 18.8. The molecule has 3 N–H and O–H groups in total. The van der Waals surface area contributed by atoms with Crippen molar-refractivity contribution >= 4 is 17.6 Å². The van der Waals surface area contributed by atoms with Crippen LogP contribution in [0.2, 0.25) is 0 Å². The summed E-state index contributed by atoms with van der Waals surface area (Å²) >= 11 is 0. The summed E-state index contributed by atoms with van der Waals surface area (Å²) in [6.07, 6.45) is 0.0456. The van der Waals surface area contributed by atoms with Crippen molar-refractivity contribution in [2.24, 2.45) is 5.92 Å². The Kier molecular flexibility index (Phi) is 5.88. The van der Waals surface area contributed by atoms with Crippen molar-refractivity contribution in [1.29, 1.82) is 0 Å². The fraction of sp³-hybridized carbons (Fsp3) is 0.529. The third-order valence-corrected chi connectivity index (χ3v) is 4.35. The van der Waals surface area contributed by atoms with Crippen LogP contribution >= 0.6 is 0 Å². The van der Waals surface area contributed by atoms with E-state index in [0.29, 0.717) is 18.5 Å². The second-order valence-corrected chi connectivity index (χ2v) is 6.22. The molecule has 7 heteroatoms. The summed E-state index contributed by atoms with van der Waals surface area (Å²) in [4.78, 5) is 22.7. The number of aliphatic carboxylic acids is 1. The predicted octanol–water partition coefficient (Wildman–Crippen LogP) is 3.00. The Morgan fingerprint density at radius 3 is 2.54 bits per heavy atom. The van der Waals surface area contributed by atoms with E-state index in [1.807, 2.05) is 6.07 Å². The van der Waals surface area contributed by atoms with Gasteiger partial charge in [-0.05, 0) is 36.5 Å². The van der Waals surface area contributed by atoms with Crippen LogP contribution in [0, 0.1) is 5.92 Å². The largest absolute Gasteiger partial charge is 0.481 e. The summed E-state index contributed by atoms with van der Waals surface area (Å²) in [5.41, 5.74) is 1.35. The van der Waals surface area contributed by atoms with Crippen molar-refractivity contribution in [3.8, 4) is 0 Å². The molecule has 1 aliphatic carbocycles. The summed E-state index contributed by atoms with van der Waals surface area (Å²) in [7, 11) is 0. The molecule has 1 aliphatic rings. The first-order valence-corrected chi connectivity index (χ1v) is 7.92. The van der Waals surface area contributed by atoms with Gasteiger partial charge in [0.15, 0.2) is 0 Å². The van der Waals surface area contributed by atoms with Crippen molar-refractivity contribution in [2.75, 3.05) is 11.9 Å². The molecular weight excluding hydrogens is 320 g/mol. The third kappa shape index (κ3) is 4.99. The first-order valence-electron chi connectivity index (χ1n) is 7.92. The van der Waals surface area contributed by atoms with Crippen LogP contribution in [-0.4, -0.2) is 34.6 Å². The Morgan fingerprint density at radius 1 is 1.29 bits per heavy atom.